The van der Waals surface area contributed by atoms with Gasteiger partial charge in [-0.15, -0.1) is 0 Å². The van der Waals surface area contributed by atoms with Gasteiger partial charge in [0.15, 0.2) is 0 Å². The maximum atomic E-state index is 5.65. The van der Waals surface area contributed by atoms with Crippen molar-refractivity contribution in [3.8, 4) is 0 Å². The Morgan fingerprint density at radius 1 is 1.29 bits per heavy atom. The van der Waals surface area contributed by atoms with Crippen LogP contribution >= 0.6 is 0 Å². The molecule has 0 atom stereocenters. The van der Waals surface area contributed by atoms with Crippen LogP contribution < -0.4 is 4.90 Å². The van der Waals surface area contributed by atoms with Crippen LogP contribution in [0, 0.1) is 6.92 Å². The van der Waals surface area contributed by atoms with Gasteiger partial charge in [0.2, 0.25) is 0 Å². The third kappa shape index (κ3) is 1.79. The molecular formula is C12H16BN. The van der Waals surface area contributed by atoms with Crippen molar-refractivity contribution in [1.82, 2.24) is 0 Å². The van der Waals surface area contributed by atoms with Crippen LogP contribution in [0.1, 0.15) is 24.0 Å². The third-order valence-electron chi connectivity index (χ3n) is 2.96. The van der Waals surface area contributed by atoms with Crippen LogP contribution in [0.25, 0.3) is 0 Å². The fraction of sp³-hybridized carbons (Fsp3) is 0.500. The lowest BCUT2D eigenvalue weighted by Gasteiger charge is -2.20. The van der Waals surface area contributed by atoms with Crippen molar-refractivity contribution < 1.29 is 0 Å². The van der Waals surface area contributed by atoms with Gasteiger partial charge in [-0.05, 0) is 31.4 Å². The largest absolute Gasteiger partial charge is 0.371 e. The van der Waals surface area contributed by atoms with Gasteiger partial charge in [0.25, 0.3) is 0 Å². The highest BCUT2D eigenvalue weighted by Crippen LogP contribution is 2.25. The van der Waals surface area contributed by atoms with Gasteiger partial charge in [0, 0.05) is 18.8 Å². The Morgan fingerprint density at radius 2 is 2.00 bits per heavy atom. The zero-order chi connectivity index (χ0) is 9.97. The van der Waals surface area contributed by atoms with Crippen molar-refractivity contribution in [2.45, 2.75) is 26.1 Å². The highest BCUT2D eigenvalue weighted by molar-refractivity contribution is 6.08. The van der Waals surface area contributed by atoms with Crippen LogP contribution in [-0.2, 0) is 6.32 Å². The first kappa shape index (κ1) is 9.63. The Bertz CT molecular complexity index is 316. The number of hydrogen-bond donors (Lipinski definition) is 0. The van der Waals surface area contributed by atoms with Gasteiger partial charge >= 0.3 is 0 Å². The van der Waals surface area contributed by atoms with Gasteiger partial charge < -0.3 is 4.90 Å². The molecule has 1 saturated heterocycles. The van der Waals surface area contributed by atoms with Crippen LogP contribution in [-0.4, -0.2) is 20.9 Å². The van der Waals surface area contributed by atoms with Gasteiger partial charge in [0.05, 0.1) is 7.85 Å². The average Bonchev–Trinajstić information content (AvgIpc) is 2.71. The fourth-order valence-corrected chi connectivity index (χ4v) is 2.08. The van der Waals surface area contributed by atoms with E-state index in [0.717, 1.165) is 0 Å². The second-order valence-electron chi connectivity index (χ2n) is 4.02. The summed E-state index contributed by atoms with van der Waals surface area (Å²) in [6.45, 7) is 4.58. The van der Waals surface area contributed by atoms with Crippen LogP contribution in [0.2, 0.25) is 0 Å². The zero-order valence-corrected chi connectivity index (χ0v) is 8.79. The molecule has 0 N–H and O–H groups in total. The van der Waals surface area contributed by atoms with E-state index < -0.39 is 0 Å². The molecule has 1 aliphatic heterocycles. The van der Waals surface area contributed by atoms with Crippen molar-refractivity contribution in [1.29, 1.82) is 0 Å². The van der Waals surface area contributed by atoms with Crippen LogP contribution in [0.3, 0.4) is 0 Å². The SMILES string of the molecule is [B]Cc1ccc(C)c(N2CCCC2)c1. The molecule has 1 aromatic rings. The Hall–Kier alpha value is -0.915. The predicted octanol–water partition coefficient (Wildman–Crippen LogP) is 2.26. The normalized spacial score (nSPS) is 16.2. The number of anilines is 1. The Morgan fingerprint density at radius 3 is 2.64 bits per heavy atom. The molecule has 0 spiro atoms. The van der Waals surface area contributed by atoms with Crippen molar-refractivity contribution in [2.24, 2.45) is 0 Å². The van der Waals surface area contributed by atoms with Crippen molar-refractivity contribution in [3.63, 3.8) is 0 Å². The Kier molecular flexibility index (Phi) is 2.81. The van der Waals surface area contributed by atoms with E-state index in [2.05, 4.69) is 30.0 Å². The molecule has 1 aromatic carbocycles. The molecule has 1 fully saturated rings. The summed E-state index contributed by atoms with van der Waals surface area (Å²) in [5.41, 5.74) is 3.98. The molecule has 14 heavy (non-hydrogen) atoms. The summed E-state index contributed by atoms with van der Waals surface area (Å²) in [5, 5.41) is 0. The molecule has 0 bridgehead atoms. The number of rotatable bonds is 2. The number of nitrogens with zero attached hydrogens (tertiary/aromatic N) is 1. The molecule has 1 aliphatic rings. The number of hydrogen-bond acceptors (Lipinski definition) is 1. The minimum atomic E-state index is 0.640. The van der Waals surface area contributed by atoms with E-state index in [1.165, 1.54) is 42.7 Å². The van der Waals surface area contributed by atoms with E-state index in [1.807, 2.05) is 0 Å². The molecule has 0 unspecified atom stereocenters. The highest BCUT2D eigenvalue weighted by atomic mass is 15.1. The molecule has 0 saturated carbocycles. The Balaban J connectivity index is 2.29. The first-order valence-corrected chi connectivity index (χ1v) is 5.36. The van der Waals surface area contributed by atoms with Gasteiger partial charge in [-0.3, -0.25) is 0 Å². The summed E-state index contributed by atoms with van der Waals surface area (Å²) in [4.78, 5) is 2.47. The minimum Gasteiger partial charge on any atom is -0.371 e. The summed E-state index contributed by atoms with van der Waals surface area (Å²) < 4.78 is 0. The number of aryl methyl sites for hydroxylation is 1. The molecule has 0 aromatic heterocycles. The monoisotopic (exact) mass is 185 g/mol. The van der Waals surface area contributed by atoms with Crippen molar-refractivity contribution in [2.75, 3.05) is 18.0 Å². The summed E-state index contributed by atoms with van der Waals surface area (Å²) in [6, 6.07) is 6.53. The molecule has 1 heterocycles. The molecule has 1 nitrogen and oxygen atoms in total. The lowest BCUT2D eigenvalue weighted by molar-refractivity contribution is 0.949. The maximum absolute atomic E-state index is 5.65. The first-order valence-electron chi connectivity index (χ1n) is 5.36. The molecule has 2 rings (SSSR count). The van der Waals surface area contributed by atoms with Gasteiger partial charge in [-0.1, -0.05) is 24.0 Å². The summed E-state index contributed by atoms with van der Waals surface area (Å²) in [5.74, 6) is 0. The average molecular weight is 185 g/mol. The van der Waals surface area contributed by atoms with E-state index in [-0.39, 0.29) is 0 Å². The predicted molar refractivity (Wildman–Crippen MR) is 62.1 cm³/mol. The highest BCUT2D eigenvalue weighted by Gasteiger charge is 2.13. The van der Waals surface area contributed by atoms with E-state index in [1.54, 1.807) is 0 Å². The fourth-order valence-electron chi connectivity index (χ4n) is 2.08. The second-order valence-corrected chi connectivity index (χ2v) is 4.02. The standard InChI is InChI=1S/C12H16BN/c1-10-4-5-11(9-13)8-12(10)14-6-2-3-7-14/h4-5,8H,2-3,6-7,9H2,1H3. The van der Waals surface area contributed by atoms with Crippen molar-refractivity contribution >= 4 is 13.5 Å². The van der Waals surface area contributed by atoms with Crippen LogP contribution in [0.15, 0.2) is 18.2 Å². The third-order valence-corrected chi connectivity index (χ3v) is 2.96. The summed E-state index contributed by atoms with van der Waals surface area (Å²) in [7, 11) is 5.65. The molecule has 2 heteroatoms. The zero-order valence-electron chi connectivity index (χ0n) is 8.79. The molecule has 0 aliphatic carbocycles. The van der Waals surface area contributed by atoms with E-state index >= 15 is 0 Å². The van der Waals surface area contributed by atoms with Crippen LogP contribution in [0.4, 0.5) is 5.69 Å². The second kappa shape index (κ2) is 4.08. The minimum absolute atomic E-state index is 0.640. The summed E-state index contributed by atoms with van der Waals surface area (Å²) >= 11 is 0. The molecule has 2 radical (unpaired) electrons. The summed E-state index contributed by atoms with van der Waals surface area (Å²) in [6.07, 6.45) is 3.29. The van der Waals surface area contributed by atoms with Crippen molar-refractivity contribution in [3.05, 3.63) is 29.3 Å². The molecular weight excluding hydrogens is 169 g/mol. The maximum Gasteiger partial charge on any atom is 0.0716 e. The quantitative estimate of drug-likeness (QED) is 0.638. The van der Waals surface area contributed by atoms with E-state index in [4.69, 9.17) is 7.85 Å². The van der Waals surface area contributed by atoms with Crippen LogP contribution in [0.5, 0.6) is 0 Å². The lowest BCUT2D eigenvalue weighted by Crippen LogP contribution is -2.18. The smallest absolute Gasteiger partial charge is 0.0716 e. The number of benzene rings is 1. The van der Waals surface area contributed by atoms with Gasteiger partial charge in [-0.25, -0.2) is 0 Å². The molecule has 0 amide bonds. The van der Waals surface area contributed by atoms with E-state index in [0.29, 0.717) is 6.32 Å². The Labute approximate surface area is 87.5 Å². The lowest BCUT2D eigenvalue weighted by atomic mass is 9.95. The topological polar surface area (TPSA) is 3.24 Å². The first-order chi connectivity index (χ1) is 6.81. The van der Waals surface area contributed by atoms with E-state index in [9.17, 15) is 0 Å². The molecule has 72 valence electrons. The van der Waals surface area contributed by atoms with Gasteiger partial charge in [-0.2, -0.15) is 0 Å². The van der Waals surface area contributed by atoms with Gasteiger partial charge in [0.1, 0.15) is 0 Å².